The molecule has 5 heteroatoms. The molecule has 0 rings (SSSR count). The van der Waals surface area contributed by atoms with Crippen LogP contribution in [-0.4, -0.2) is 31.8 Å². The van der Waals surface area contributed by atoms with Gasteiger partial charge in [0.15, 0.2) is 0 Å². The predicted octanol–water partition coefficient (Wildman–Crippen LogP) is 1.59. The number of hydrogen-bond acceptors (Lipinski definition) is 5. The van der Waals surface area contributed by atoms with Crippen LogP contribution in [0.25, 0.3) is 0 Å². The first-order valence-electron chi connectivity index (χ1n) is 5.49. The molecule has 0 aromatic carbocycles. The number of hydrogen-bond donors (Lipinski definition) is 0. The van der Waals surface area contributed by atoms with Gasteiger partial charge in [-0.05, 0) is 32.9 Å². The van der Waals surface area contributed by atoms with Gasteiger partial charge >= 0.3 is 11.9 Å². The van der Waals surface area contributed by atoms with Crippen molar-refractivity contribution in [1.82, 2.24) is 0 Å². The standard InChI is InChI=1S/C12H18O5/c1-4-15-9-7-8-10(11(13)16-5-2)12(14)17-6-3/h7-9H,4-6H2,1-3H3/b9-7+. The lowest BCUT2D eigenvalue weighted by Gasteiger charge is -2.05. The molecule has 0 saturated heterocycles. The number of ether oxygens (including phenoxy) is 3. The zero-order valence-electron chi connectivity index (χ0n) is 10.4. The summed E-state index contributed by atoms with van der Waals surface area (Å²) in [5.41, 5.74) is -0.148. The second kappa shape index (κ2) is 9.45. The van der Waals surface area contributed by atoms with E-state index in [2.05, 4.69) is 0 Å². The van der Waals surface area contributed by atoms with Crippen molar-refractivity contribution in [2.45, 2.75) is 20.8 Å². The minimum absolute atomic E-state index is 0.148. The summed E-state index contributed by atoms with van der Waals surface area (Å²) in [6.45, 7) is 6.06. The fourth-order valence-corrected chi connectivity index (χ4v) is 0.924. The Morgan fingerprint density at radius 3 is 1.88 bits per heavy atom. The highest BCUT2D eigenvalue weighted by atomic mass is 16.6. The first kappa shape index (κ1) is 15.2. The molecule has 0 unspecified atom stereocenters. The Morgan fingerprint density at radius 1 is 0.941 bits per heavy atom. The molecule has 0 atom stereocenters. The highest BCUT2D eigenvalue weighted by molar-refractivity contribution is 6.14. The fraction of sp³-hybridized carbons (Fsp3) is 0.500. The molecule has 0 aliphatic heterocycles. The maximum atomic E-state index is 11.5. The van der Waals surface area contributed by atoms with Gasteiger partial charge < -0.3 is 14.2 Å². The second-order valence-electron chi connectivity index (χ2n) is 2.81. The van der Waals surface area contributed by atoms with E-state index < -0.39 is 11.9 Å². The fourth-order valence-electron chi connectivity index (χ4n) is 0.924. The molecule has 0 N–H and O–H groups in total. The molecule has 5 nitrogen and oxygen atoms in total. The largest absolute Gasteiger partial charge is 0.501 e. The van der Waals surface area contributed by atoms with Gasteiger partial charge in [0.1, 0.15) is 5.57 Å². The lowest BCUT2D eigenvalue weighted by atomic mass is 10.2. The van der Waals surface area contributed by atoms with Gasteiger partial charge in [-0.1, -0.05) is 0 Å². The molecule has 0 spiro atoms. The SMILES string of the molecule is CCO/C=C/C=C(C(=O)OCC)C(=O)OCC. The summed E-state index contributed by atoms with van der Waals surface area (Å²) < 4.78 is 14.4. The Hall–Kier alpha value is -1.78. The van der Waals surface area contributed by atoms with Gasteiger partial charge in [-0.2, -0.15) is 0 Å². The molecule has 0 aromatic rings. The van der Waals surface area contributed by atoms with E-state index in [4.69, 9.17) is 14.2 Å². The zero-order chi connectivity index (χ0) is 13.1. The van der Waals surface area contributed by atoms with Crippen molar-refractivity contribution < 1.29 is 23.8 Å². The van der Waals surface area contributed by atoms with Gasteiger partial charge in [0.2, 0.25) is 0 Å². The number of carbonyl (C=O) groups is 2. The van der Waals surface area contributed by atoms with Crippen LogP contribution in [0, 0.1) is 0 Å². The third-order valence-corrected chi connectivity index (χ3v) is 1.60. The average molecular weight is 242 g/mol. The molecule has 0 radical (unpaired) electrons. The number of esters is 2. The number of allylic oxidation sites excluding steroid dienone is 2. The average Bonchev–Trinajstić information content (AvgIpc) is 2.29. The minimum Gasteiger partial charge on any atom is -0.501 e. The summed E-state index contributed by atoms with van der Waals surface area (Å²) in [7, 11) is 0. The first-order valence-corrected chi connectivity index (χ1v) is 5.49. The predicted molar refractivity (Wildman–Crippen MR) is 62.1 cm³/mol. The van der Waals surface area contributed by atoms with E-state index in [-0.39, 0.29) is 18.8 Å². The minimum atomic E-state index is -0.702. The number of rotatable bonds is 7. The smallest absolute Gasteiger partial charge is 0.345 e. The van der Waals surface area contributed by atoms with Crippen LogP contribution in [-0.2, 0) is 23.8 Å². The summed E-state index contributed by atoms with van der Waals surface area (Å²) in [5, 5.41) is 0. The molecule has 17 heavy (non-hydrogen) atoms. The first-order chi connectivity index (χ1) is 8.17. The van der Waals surface area contributed by atoms with Crippen LogP contribution in [0.1, 0.15) is 20.8 Å². The molecule has 0 saturated carbocycles. The van der Waals surface area contributed by atoms with E-state index in [1.54, 1.807) is 13.8 Å². The van der Waals surface area contributed by atoms with E-state index >= 15 is 0 Å². The van der Waals surface area contributed by atoms with Crippen LogP contribution in [0.4, 0.5) is 0 Å². The molecule has 0 aliphatic carbocycles. The molecule has 0 amide bonds. The van der Waals surface area contributed by atoms with Gasteiger partial charge in [0, 0.05) is 0 Å². The highest BCUT2D eigenvalue weighted by Crippen LogP contribution is 2.03. The van der Waals surface area contributed by atoms with Crippen molar-refractivity contribution in [2.75, 3.05) is 19.8 Å². The van der Waals surface area contributed by atoms with Crippen molar-refractivity contribution >= 4 is 11.9 Å². The topological polar surface area (TPSA) is 61.8 Å². The molecule has 0 heterocycles. The monoisotopic (exact) mass is 242 g/mol. The van der Waals surface area contributed by atoms with Gasteiger partial charge in [-0.3, -0.25) is 0 Å². The molecular weight excluding hydrogens is 224 g/mol. The third kappa shape index (κ3) is 6.40. The molecule has 0 fully saturated rings. The van der Waals surface area contributed by atoms with Crippen LogP contribution >= 0.6 is 0 Å². The lowest BCUT2D eigenvalue weighted by Crippen LogP contribution is -2.18. The summed E-state index contributed by atoms with van der Waals surface area (Å²) >= 11 is 0. The quantitative estimate of drug-likeness (QED) is 0.169. The Morgan fingerprint density at radius 2 is 1.47 bits per heavy atom. The Labute approximate surface area is 101 Å². The maximum absolute atomic E-state index is 11.5. The molecule has 0 aliphatic rings. The summed E-state index contributed by atoms with van der Waals surface area (Å²) in [6, 6.07) is 0. The summed E-state index contributed by atoms with van der Waals surface area (Å²) in [5.74, 6) is -1.40. The van der Waals surface area contributed by atoms with Crippen molar-refractivity contribution in [3.8, 4) is 0 Å². The van der Waals surface area contributed by atoms with Gasteiger partial charge in [-0.25, -0.2) is 9.59 Å². The molecule has 0 aromatic heterocycles. The molecule has 0 bridgehead atoms. The maximum Gasteiger partial charge on any atom is 0.345 e. The van der Waals surface area contributed by atoms with E-state index in [0.29, 0.717) is 6.61 Å². The van der Waals surface area contributed by atoms with E-state index in [1.807, 2.05) is 6.92 Å². The summed E-state index contributed by atoms with van der Waals surface area (Å²) in [4.78, 5) is 22.9. The van der Waals surface area contributed by atoms with Gasteiger partial charge in [0.05, 0.1) is 26.1 Å². The van der Waals surface area contributed by atoms with Crippen molar-refractivity contribution in [2.24, 2.45) is 0 Å². The van der Waals surface area contributed by atoms with Crippen LogP contribution < -0.4 is 0 Å². The van der Waals surface area contributed by atoms with Crippen molar-refractivity contribution in [3.05, 3.63) is 24.0 Å². The highest BCUT2D eigenvalue weighted by Gasteiger charge is 2.19. The van der Waals surface area contributed by atoms with Crippen LogP contribution in [0.3, 0.4) is 0 Å². The Bertz CT molecular complexity index is 284. The second-order valence-corrected chi connectivity index (χ2v) is 2.81. The number of carbonyl (C=O) groups excluding carboxylic acids is 2. The third-order valence-electron chi connectivity index (χ3n) is 1.60. The van der Waals surface area contributed by atoms with Crippen LogP contribution in [0.5, 0.6) is 0 Å². The van der Waals surface area contributed by atoms with Crippen molar-refractivity contribution in [1.29, 1.82) is 0 Å². The van der Waals surface area contributed by atoms with Crippen molar-refractivity contribution in [3.63, 3.8) is 0 Å². The Kier molecular flexibility index (Phi) is 8.46. The molecule has 96 valence electrons. The van der Waals surface area contributed by atoms with Gasteiger partial charge in [0.25, 0.3) is 0 Å². The van der Waals surface area contributed by atoms with E-state index in [1.165, 1.54) is 18.4 Å². The van der Waals surface area contributed by atoms with E-state index in [9.17, 15) is 9.59 Å². The van der Waals surface area contributed by atoms with Crippen LogP contribution in [0.2, 0.25) is 0 Å². The van der Waals surface area contributed by atoms with E-state index in [0.717, 1.165) is 0 Å². The molecular formula is C12H18O5. The Balaban J connectivity index is 4.71. The zero-order valence-corrected chi connectivity index (χ0v) is 10.4. The van der Waals surface area contributed by atoms with Crippen LogP contribution in [0.15, 0.2) is 24.0 Å². The summed E-state index contributed by atoms with van der Waals surface area (Å²) in [6.07, 6.45) is 4.15. The lowest BCUT2D eigenvalue weighted by molar-refractivity contribution is -0.146. The van der Waals surface area contributed by atoms with Gasteiger partial charge in [-0.15, -0.1) is 0 Å². The normalized spacial score (nSPS) is 9.82.